The third kappa shape index (κ3) is 4.29. The summed E-state index contributed by atoms with van der Waals surface area (Å²) in [5.74, 6) is 1.25. The fourth-order valence-corrected chi connectivity index (χ4v) is 5.47. The average molecular weight is 475 g/mol. The fraction of sp³-hybridized carbons (Fsp3) is 0.538. The topological polar surface area (TPSA) is 99.4 Å². The first-order chi connectivity index (χ1) is 16.0. The molecule has 6 nitrogen and oxygen atoms in total. The Morgan fingerprint density at radius 2 is 1.73 bits per heavy atom. The summed E-state index contributed by atoms with van der Waals surface area (Å²) >= 11 is 6.83. The summed E-state index contributed by atoms with van der Waals surface area (Å²) in [5.41, 5.74) is 4.88. The van der Waals surface area contributed by atoms with Crippen LogP contribution in [0.3, 0.4) is 0 Å². The van der Waals surface area contributed by atoms with Gasteiger partial charge in [-0.3, -0.25) is 0 Å². The minimum atomic E-state index is -1.45. The van der Waals surface area contributed by atoms with Crippen LogP contribution >= 0.6 is 11.6 Å². The number of benzene rings is 2. The number of hydrogen-bond acceptors (Lipinski definition) is 6. The Bertz CT molecular complexity index is 987. The van der Waals surface area contributed by atoms with Crippen LogP contribution < -0.4 is 4.74 Å². The van der Waals surface area contributed by atoms with Crippen molar-refractivity contribution in [2.75, 3.05) is 13.2 Å². The highest BCUT2D eigenvalue weighted by atomic mass is 35.5. The van der Waals surface area contributed by atoms with Gasteiger partial charge in [0.2, 0.25) is 0 Å². The Morgan fingerprint density at radius 1 is 0.970 bits per heavy atom. The number of hydrogen-bond donors (Lipinski definition) is 4. The molecule has 0 spiro atoms. The van der Waals surface area contributed by atoms with Gasteiger partial charge in [0.15, 0.2) is 0 Å². The van der Waals surface area contributed by atoms with Gasteiger partial charge in [0.1, 0.15) is 36.3 Å². The molecule has 2 heterocycles. The minimum absolute atomic E-state index is 0.474. The molecule has 4 N–H and O–H groups in total. The number of halogens is 1. The van der Waals surface area contributed by atoms with Gasteiger partial charge in [-0.1, -0.05) is 42.3 Å². The van der Waals surface area contributed by atoms with Crippen molar-refractivity contribution < 1.29 is 29.9 Å². The molecule has 33 heavy (non-hydrogen) atoms. The molecule has 2 aromatic rings. The summed E-state index contributed by atoms with van der Waals surface area (Å²) in [6.45, 7) is 0.0496. The zero-order chi connectivity index (χ0) is 23.1. The number of aliphatic hydroxyl groups excluding tert-OH is 4. The van der Waals surface area contributed by atoms with Crippen molar-refractivity contribution in [1.82, 2.24) is 0 Å². The quantitative estimate of drug-likeness (QED) is 0.531. The number of rotatable bonds is 5. The molecular formula is C26H31ClO6. The van der Waals surface area contributed by atoms with Crippen molar-refractivity contribution in [3.63, 3.8) is 0 Å². The van der Waals surface area contributed by atoms with Crippen LogP contribution in [-0.2, 0) is 17.6 Å². The van der Waals surface area contributed by atoms with E-state index in [1.165, 1.54) is 24.8 Å². The Balaban J connectivity index is 1.50. The molecule has 7 heteroatoms. The maximum atomic E-state index is 10.7. The van der Waals surface area contributed by atoms with Gasteiger partial charge in [-0.25, -0.2) is 0 Å². The van der Waals surface area contributed by atoms with Gasteiger partial charge in [-0.2, -0.15) is 0 Å². The molecule has 5 atom stereocenters. The summed E-state index contributed by atoms with van der Waals surface area (Å²) in [6, 6.07) is 10.6. The SMILES string of the molecule is OC[C@H]1O[C@@H](c2cc(Cc3ccc(C4CCC4)cc3)c(Cl)c3c2OCCC3)[C@@H](O)[C@@H](O)[C@H]1O. The van der Waals surface area contributed by atoms with Crippen LogP contribution in [0.15, 0.2) is 30.3 Å². The smallest absolute Gasteiger partial charge is 0.129 e. The monoisotopic (exact) mass is 474 g/mol. The second-order valence-corrected chi connectivity index (χ2v) is 9.87. The Morgan fingerprint density at radius 3 is 2.39 bits per heavy atom. The van der Waals surface area contributed by atoms with Gasteiger partial charge in [0.05, 0.1) is 18.2 Å². The van der Waals surface area contributed by atoms with E-state index in [4.69, 9.17) is 21.1 Å². The largest absolute Gasteiger partial charge is 0.493 e. The van der Waals surface area contributed by atoms with E-state index in [2.05, 4.69) is 24.3 Å². The van der Waals surface area contributed by atoms with E-state index < -0.39 is 37.1 Å². The Kier molecular flexibility index (Phi) is 6.67. The minimum Gasteiger partial charge on any atom is -0.493 e. The van der Waals surface area contributed by atoms with Crippen LogP contribution in [0.5, 0.6) is 5.75 Å². The molecule has 0 aromatic heterocycles. The van der Waals surface area contributed by atoms with Gasteiger partial charge in [-0.15, -0.1) is 0 Å². The van der Waals surface area contributed by atoms with Crippen LogP contribution in [0.25, 0.3) is 0 Å². The molecule has 178 valence electrons. The summed E-state index contributed by atoms with van der Waals surface area (Å²) in [6.07, 6.45) is -0.133. The van der Waals surface area contributed by atoms with Crippen LogP contribution in [0, 0.1) is 0 Å². The van der Waals surface area contributed by atoms with Gasteiger partial charge in [-0.05, 0) is 60.8 Å². The first-order valence-electron chi connectivity index (χ1n) is 11.8. The third-order valence-corrected chi connectivity index (χ3v) is 7.85. The highest BCUT2D eigenvalue weighted by Crippen LogP contribution is 2.44. The zero-order valence-corrected chi connectivity index (χ0v) is 19.2. The lowest BCUT2D eigenvalue weighted by molar-refractivity contribution is -0.232. The normalized spacial score (nSPS) is 29.8. The van der Waals surface area contributed by atoms with Gasteiger partial charge < -0.3 is 29.9 Å². The predicted molar refractivity (Wildman–Crippen MR) is 124 cm³/mol. The summed E-state index contributed by atoms with van der Waals surface area (Å²) < 4.78 is 11.8. The van der Waals surface area contributed by atoms with Crippen molar-refractivity contribution in [1.29, 1.82) is 0 Å². The summed E-state index contributed by atoms with van der Waals surface area (Å²) in [5, 5.41) is 41.5. The highest BCUT2D eigenvalue weighted by molar-refractivity contribution is 6.32. The molecule has 2 aromatic carbocycles. The second-order valence-electron chi connectivity index (χ2n) is 9.49. The zero-order valence-electron chi connectivity index (χ0n) is 18.5. The van der Waals surface area contributed by atoms with Crippen LogP contribution in [-0.4, -0.2) is 58.1 Å². The molecule has 0 bridgehead atoms. The van der Waals surface area contributed by atoms with Crippen LogP contribution in [0.4, 0.5) is 0 Å². The lowest BCUT2D eigenvalue weighted by atomic mass is 9.80. The molecule has 0 amide bonds. The molecule has 2 aliphatic heterocycles. The van der Waals surface area contributed by atoms with E-state index in [1.807, 2.05) is 6.07 Å². The molecule has 2 fully saturated rings. The summed E-state index contributed by atoms with van der Waals surface area (Å²) in [4.78, 5) is 0. The molecule has 1 saturated heterocycles. The Hall–Kier alpha value is -1.67. The van der Waals surface area contributed by atoms with Gasteiger partial charge >= 0.3 is 0 Å². The van der Waals surface area contributed by atoms with Gasteiger partial charge in [0, 0.05) is 11.1 Å². The maximum Gasteiger partial charge on any atom is 0.129 e. The first-order valence-corrected chi connectivity index (χ1v) is 12.2. The molecule has 0 radical (unpaired) electrons. The van der Waals surface area contributed by atoms with Crippen molar-refractivity contribution in [3.8, 4) is 5.75 Å². The number of ether oxygens (including phenoxy) is 2. The number of fused-ring (bicyclic) bond motifs is 1. The lowest BCUT2D eigenvalue weighted by Gasteiger charge is -2.41. The van der Waals surface area contributed by atoms with E-state index in [-0.39, 0.29) is 0 Å². The maximum absolute atomic E-state index is 10.7. The highest BCUT2D eigenvalue weighted by Gasteiger charge is 2.45. The molecular weight excluding hydrogens is 444 g/mol. The first kappa shape index (κ1) is 23.1. The second kappa shape index (κ2) is 9.53. The Labute approximate surface area is 198 Å². The van der Waals surface area contributed by atoms with E-state index in [0.717, 1.165) is 29.5 Å². The molecule has 3 aliphatic rings. The average Bonchev–Trinajstić information content (AvgIpc) is 2.80. The standard InChI is InChI=1S/C26H31ClO6/c27-21-17(11-14-6-8-16(9-7-14)15-3-1-4-15)12-19(25-18(21)5-2-10-32-25)26-24(31)23(30)22(29)20(13-28)33-26/h6-9,12,15,20,22-24,26,28-31H,1-5,10-11,13H2/t20-,22+,23+,24+,26+/m1/s1. The number of aliphatic hydroxyl groups is 4. The summed E-state index contributed by atoms with van der Waals surface area (Å²) in [7, 11) is 0. The van der Waals surface area contributed by atoms with Gasteiger partial charge in [0.25, 0.3) is 0 Å². The van der Waals surface area contributed by atoms with E-state index >= 15 is 0 Å². The van der Waals surface area contributed by atoms with Crippen molar-refractivity contribution in [2.24, 2.45) is 0 Å². The van der Waals surface area contributed by atoms with E-state index in [1.54, 1.807) is 0 Å². The molecule has 1 aliphatic carbocycles. The molecule has 5 rings (SSSR count). The van der Waals surface area contributed by atoms with Crippen molar-refractivity contribution in [3.05, 3.63) is 63.2 Å². The van der Waals surface area contributed by atoms with Crippen molar-refractivity contribution >= 4 is 11.6 Å². The van der Waals surface area contributed by atoms with E-state index in [9.17, 15) is 20.4 Å². The van der Waals surface area contributed by atoms with E-state index in [0.29, 0.717) is 35.3 Å². The van der Waals surface area contributed by atoms with Crippen molar-refractivity contribution in [2.45, 2.75) is 75.0 Å². The molecule has 1 saturated carbocycles. The van der Waals surface area contributed by atoms with Crippen LogP contribution in [0.1, 0.15) is 65.5 Å². The van der Waals surface area contributed by atoms with Crippen LogP contribution in [0.2, 0.25) is 5.02 Å². The fourth-order valence-electron chi connectivity index (χ4n) is 5.17. The molecule has 0 unspecified atom stereocenters. The predicted octanol–water partition coefficient (Wildman–Crippen LogP) is 3.04. The lowest BCUT2D eigenvalue weighted by Crippen LogP contribution is -2.55. The third-order valence-electron chi connectivity index (χ3n) is 7.38.